The molecule has 0 fully saturated rings. The van der Waals surface area contributed by atoms with E-state index in [1.54, 1.807) is 0 Å². The summed E-state index contributed by atoms with van der Waals surface area (Å²) in [5.41, 5.74) is 7.52. The molecule has 2 N–H and O–H groups in total. The Morgan fingerprint density at radius 1 is 0.759 bits per heavy atom. The van der Waals surface area contributed by atoms with E-state index in [-0.39, 0.29) is 17.7 Å². The van der Waals surface area contributed by atoms with E-state index in [1.165, 1.54) is 11.1 Å². The van der Waals surface area contributed by atoms with Gasteiger partial charge in [0.15, 0.2) is 5.78 Å². The van der Waals surface area contributed by atoms with Crippen molar-refractivity contribution >= 4 is 17.2 Å². The van der Waals surface area contributed by atoms with Crippen LogP contribution < -0.4 is 10.6 Å². The van der Waals surface area contributed by atoms with Gasteiger partial charge in [0.25, 0.3) is 0 Å². The lowest BCUT2D eigenvalue weighted by atomic mass is 9.78. The number of carbonyl (C=O) groups excluding carboxylic acids is 1. The molecule has 0 bridgehead atoms. The number of anilines is 2. The Labute approximate surface area is 171 Å². The Bertz CT molecular complexity index is 1080. The van der Waals surface area contributed by atoms with Crippen molar-refractivity contribution in [3.8, 4) is 0 Å². The maximum Gasteiger partial charge on any atom is 0.163 e. The number of nitrogens with one attached hydrogen (secondary N) is 2. The fourth-order valence-corrected chi connectivity index (χ4v) is 4.46. The first-order chi connectivity index (χ1) is 14.2. The van der Waals surface area contributed by atoms with Crippen LogP contribution in [0.1, 0.15) is 41.5 Å². The lowest BCUT2D eigenvalue weighted by Crippen LogP contribution is -2.26. The molecule has 5 rings (SSSR count). The number of allylic oxidation sites excluding steroid dienone is 1. The summed E-state index contributed by atoms with van der Waals surface area (Å²) >= 11 is 0. The van der Waals surface area contributed by atoms with Crippen LogP contribution >= 0.6 is 0 Å². The molecular weight excluding hydrogens is 356 g/mol. The number of hydrogen-bond acceptors (Lipinski definition) is 3. The van der Waals surface area contributed by atoms with Crippen LogP contribution in [0.2, 0.25) is 0 Å². The number of carbonyl (C=O) groups is 1. The van der Waals surface area contributed by atoms with Crippen LogP contribution in [0.5, 0.6) is 0 Å². The highest BCUT2D eigenvalue weighted by Crippen LogP contribution is 2.44. The summed E-state index contributed by atoms with van der Waals surface area (Å²) in [7, 11) is 0. The Morgan fingerprint density at radius 3 is 2.21 bits per heavy atom. The van der Waals surface area contributed by atoms with E-state index in [0.717, 1.165) is 34.6 Å². The highest BCUT2D eigenvalue weighted by molar-refractivity contribution is 6.01. The topological polar surface area (TPSA) is 41.1 Å². The lowest BCUT2D eigenvalue weighted by molar-refractivity contribution is -0.116. The zero-order chi connectivity index (χ0) is 19.8. The predicted octanol–water partition coefficient (Wildman–Crippen LogP) is 5.97. The van der Waals surface area contributed by atoms with Gasteiger partial charge in [-0.1, -0.05) is 72.3 Å². The van der Waals surface area contributed by atoms with E-state index in [4.69, 9.17) is 0 Å². The first kappa shape index (κ1) is 17.7. The minimum atomic E-state index is -0.147. The van der Waals surface area contributed by atoms with Crippen molar-refractivity contribution in [2.24, 2.45) is 0 Å². The smallest absolute Gasteiger partial charge is 0.163 e. The van der Waals surface area contributed by atoms with Gasteiger partial charge in [0.1, 0.15) is 0 Å². The van der Waals surface area contributed by atoms with Crippen LogP contribution in [0.25, 0.3) is 0 Å². The van der Waals surface area contributed by atoms with Crippen LogP contribution in [0.4, 0.5) is 11.4 Å². The summed E-state index contributed by atoms with van der Waals surface area (Å²) in [5, 5.41) is 7.24. The van der Waals surface area contributed by atoms with E-state index in [1.807, 2.05) is 18.2 Å². The molecule has 3 aromatic rings. The second-order valence-corrected chi connectivity index (χ2v) is 7.99. The van der Waals surface area contributed by atoms with Crippen molar-refractivity contribution in [2.45, 2.75) is 31.7 Å². The van der Waals surface area contributed by atoms with Crippen molar-refractivity contribution in [2.75, 3.05) is 10.6 Å². The number of para-hydroxylation sites is 2. The van der Waals surface area contributed by atoms with Gasteiger partial charge in [-0.05, 0) is 42.5 Å². The van der Waals surface area contributed by atoms with Gasteiger partial charge in [0.05, 0.1) is 17.4 Å². The van der Waals surface area contributed by atoms with E-state index in [0.29, 0.717) is 6.42 Å². The number of benzene rings is 3. The summed E-state index contributed by atoms with van der Waals surface area (Å²) in [6.45, 7) is 2.09. The van der Waals surface area contributed by atoms with Crippen molar-refractivity contribution in [1.82, 2.24) is 0 Å². The number of Topliss-reactive ketones (excluding diaryl/α,β-unsaturated/α-hetero) is 1. The van der Waals surface area contributed by atoms with Gasteiger partial charge in [-0.25, -0.2) is 0 Å². The highest BCUT2D eigenvalue weighted by Gasteiger charge is 2.35. The van der Waals surface area contributed by atoms with Crippen LogP contribution in [0.15, 0.2) is 90.1 Å². The quantitative estimate of drug-likeness (QED) is 0.575. The Balaban J connectivity index is 1.61. The van der Waals surface area contributed by atoms with E-state index >= 15 is 0 Å². The fraction of sp³-hybridized carbons (Fsp3) is 0.192. The number of aryl methyl sites for hydroxylation is 1. The molecule has 0 saturated carbocycles. The Hall–Kier alpha value is -3.33. The largest absolute Gasteiger partial charge is 0.372 e. The van der Waals surface area contributed by atoms with Crippen molar-refractivity contribution in [1.29, 1.82) is 0 Å². The minimum Gasteiger partial charge on any atom is -0.372 e. The Morgan fingerprint density at radius 2 is 1.45 bits per heavy atom. The molecule has 0 unspecified atom stereocenters. The monoisotopic (exact) mass is 380 g/mol. The zero-order valence-corrected chi connectivity index (χ0v) is 16.5. The summed E-state index contributed by atoms with van der Waals surface area (Å²) < 4.78 is 0. The molecule has 3 aromatic carbocycles. The van der Waals surface area contributed by atoms with E-state index in [2.05, 4.69) is 78.2 Å². The molecule has 2 aliphatic rings. The molecule has 0 amide bonds. The van der Waals surface area contributed by atoms with Crippen LogP contribution in [-0.2, 0) is 4.79 Å². The molecule has 0 radical (unpaired) electrons. The van der Waals surface area contributed by atoms with E-state index < -0.39 is 0 Å². The molecule has 1 aliphatic carbocycles. The molecule has 0 aromatic heterocycles. The van der Waals surface area contributed by atoms with Crippen LogP contribution in [0, 0.1) is 6.92 Å². The SMILES string of the molecule is Cc1ccc([C@@H]2Nc3ccccc3NC3=C2C(=O)C[C@H](c2ccccc2)C3)cc1. The molecule has 1 aliphatic heterocycles. The second-order valence-electron chi connectivity index (χ2n) is 7.99. The number of ketones is 1. The van der Waals surface area contributed by atoms with Gasteiger partial charge >= 0.3 is 0 Å². The standard InChI is InChI=1S/C26H24N2O/c1-17-11-13-19(14-12-17)26-25-23(27-21-9-5-6-10-22(21)28-26)15-20(16-24(25)29)18-7-3-2-4-8-18/h2-14,20,26-28H,15-16H2,1H3/t20-,26+/m1/s1. The average molecular weight is 380 g/mol. The van der Waals surface area contributed by atoms with Gasteiger partial charge in [-0.2, -0.15) is 0 Å². The molecular formula is C26H24N2O. The van der Waals surface area contributed by atoms with Crippen molar-refractivity contribution in [3.05, 3.63) is 107 Å². The molecule has 0 saturated heterocycles. The summed E-state index contributed by atoms with van der Waals surface area (Å²) in [6, 6.07) is 26.9. The zero-order valence-electron chi connectivity index (χ0n) is 16.5. The molecule has 3 nitrogen and oxygen atoms in total. The molecule has 3 heteroatoms. The summed E-state index contributed by atoms with van der Waals surface area (Å²) in [5.74, 6) is 0.428. The highest BCUT2D eigenvalue weighted by atomic mass is 16.1. The van der Waals surface area contributed by atoms with Gasteiger partial charge in [0, 0.05) is 17.7 Å². The van der Waals surface area contributed by atoms with Gasteiger partial charge in [-0.3, -0.25) is 4.79 Å². The molecule has 1 heterocycles. The third kappa shape index (κ3) is 3.33. The molecule has 0 spiro atoms. The summed E-state index contributed by atoms with van der Waals surface area (Å²) in [6.07, 6.45) is 1.38. The number of fused-ring (bicyclic) bond motifs is 1. The summed E-state index contributed by atoms with van der Waals surface area (Å²) in [4.78, 5) is 13.4. The van der Waals surface area contributed by atoms with Gasteiger partial charge in [0.2, 0.25) is 0 Å². The maximum absolute atomic E-state index is 13.4. The third-order valence-corrected chi connectivity index (χ3v) is 5.99. The molecule has 2 atom stereocenters. The first-order valence-corrected chi connectivity index (χ1v) is 10.2. The number of rotatable bonds is 2. The minimum absolute atomic E-state index is 0.147. The van der Waals surface area contributed by atoms with Crippen LogP contribution in [0.3, 0.4) is 0 Å². The van der Waals surface area contributed by atoms with Crippen LogP contribution in [-0.4, -0.2) is 5.78 Å². The first-order valence-electron chi connectivity index (χ1n) is 10.2. The number of hydrogen-bond donors (Lipinski definition) is 2. The van der Waals surface area contributed by atoms with Crippen molar-refractivity contribution in [3.63, 3.8) is 0 Å². The van der Waals surface area contributed by atoms with E-state index in [9.17, 15) is 4.79 Å². The average Bonchev–Trinajstić information content (AvgIpc) is 2.92. The maximum atomic E-state index is 13.4. The van der Waals surface area contributed by atoms with Gasteiger partial charge < -0.3 is 10.6 Å². The lowest BCUT2D eigenvalue weighted by Gasteiger charge is -2.30. The predicted molar refractivity (Wildman–Crippen MR) is 118 cm³/mol. The molecule has 29 heavy (non-hydrogen) atoms. The fourth-order valence-electron chi connectivity index (χ4n) is 4.46. The van der Waals surface area contributed by atoms with Crippen molar-refractivity contribution < 1.29 is 4.79 Å². The third-order valence-electron chi connectivity index (χ3n) is 5.99. The second kappa shape index (κ2) is 7.25. The van der Waals surface area contributed by atoms with Gasteiger partial charge in [-0.15, -0.1) is 0 Å². The molecule has 144 valence electrons. The normalized spacial score (nSPS) is 20.8. The Kier molecular flexibility index (Phi) is 4.44.